The molecule has 0 saturated carbocycles. The number of carbonyl (C=O) groups excluding carboxylic acids is 3. The molecule has 2 aromatic carbocycles. The predicted octanol–water partition coefficient (Wildman–Crippen LogP) is 6.32. The number of ether oxygens (including phenoxy) is 3. The van der Waals surface area contributed by atoms with Gasteiger partial charge in [-0.3, -0.25) is 19.3 Å². The maximum absolute atomic E-state index is 12.8. The molecule has 0 bridgehead atoms. The second-order valence-electron chi connectivity index (χ2n) is 8.02. The van der Waals surface area contributed by atoms with Crippen LogP contribution in [-0.2, 0) is 20.9 Å². The maximum Gasteiger partial charge on any atom is 0.326 e. The first-order chi connectivity index (χ1) is 16.7. The van der Waals surface area contributed by atoms with Crippen molar-refractivity contribution in [2.75, 3.05) is 19.8 Å². The molecule has 3 rings (SSSR count). The van der Waals surface area contributed by atoms with Gasteiger partial charge in [-0.05, 0) is 82.0 Å². The van der Waals surface area contributed by atoms with Gasteiger partial charge in [-0.2, -0.15) is 0 Å². The fourth-order valence-electron chi connectivity index (χ4n) is 3.03. The van der Waals surface area contributed by atoms with Gasteiger partial charge in [0.2, 0.25) is 0 Å². The number of benzene rings is 2. The lowest BCUT2D eigenvalue weighted by molar-refractivity contribution is -0.147. The minimum absolute atomic E-state index is 0.157. The standard InChI is InChI=1S/C25H25BrClNO6S/c1-4-32-20-10-17(9-19(26)23(20)34-14-16-5-7-18(27)8-6-16)11-21-24(30)28(25(31)35-21)12-22(29)33-13-15(2)3/h5-11,15H,4,12-14H2,1-3H3/b21-11+. The Labute approximate surface area is 221 Å². The van der Waals surface area contributed by atoms with Crippen molar-refractivity contribution < 1.29 is 28.6 Å². The summed E-state index contributed by atoms with van der Waals surface area (Å²) in [6, 6.07) is 10.8. The molecule has 1 aliphatic rings. The van der Waals surface area contributed by atoms with Crippen molar-refractivity contribution in [1.82, 2.24) is 4.90 Å². The van der Waals surface area contributed by atoms with Crippen molar-refractivity contribution in [1.29, 1.82) is 0 Å². The van der Waals surface area contributed by atoms with Crippen LogP contribution in [0.15, 0.2) is 45.8 Å². The van der Waals surface area contributed by atoms with Gasteiger partial charge in [-0.25, -0.2) is 0 Å². The molecule has 0 aromatic heterocycles. The molecule has 0 N–H and O–H groups in total. The van der Waals surface area contributed by atoms with Crippen molar-refractivity contribution in [2.24, 2.45) is 5.92 Å². The smallest absolute Gasteiger partial charge is 0.326 e. The van der Waals surface area contributed by atoms with Gasteiger partial charge in [0.1, 0.15) is 13.2 Å². The van der Waals surface area contributed by atoms with Crippen LogP contribution >= 0.6 is 39.3 Å². The Morgan fingerprint density at radius 3 is 2.54 bits per heavy atom. The van der Waals surface area contributed by atoms with E-state index in [9.17, 15) is 14.4 Å². The van der Waals surface area contributed by atoms with E-state index >= 15 is 0 Å². The van der Waals surface area contributed by atoms with Gasteiger partial charge >= 0.3 is 5.97 Å². The second kappa shape index (κ2) is 12.5. The van der Waals surface area contributed by atoms with Gasteiger partial charge < -0.3 is 14.2 Å². The highest BCUT2D eigenvalue weighted by Gasteiger charge is 2.36. The summed E-state index contributed by atoms with van der Waals surface area (Å²) >= 11 is 10.2. The number of nitrogens with zero attached hydrogens (tertiary/aromatic N) is 1. The zero-order valence-electron chi connectivity index (χ0n) is 19.5. The molecule has 0 aliphatic carbocycles. The SMILES string of the molecule is CCOc1cc(/C=C2/SC(=O)N(CC(=O)OCC(C)C)C2=O)cc(Br)c1OCc1ccc(Cl)cc1. The first-order valence-corrected chi connectivity index (χ1v) is 12.9. The number of hydrogen-bond acceptors (Lipinski definition) is 7. The first-order valence-electron chi connectivity index (χ1n) is 10.9. The van der Waals surface area contributed by atoms with Crippen LogP contribution in [0.4, 0.5) is 4.79 Å². The van der Waals surface area contributed by atoms with Crippen molar-refractivity contribution in [3.05, 3.63) is 61.9 Å². The minimum Gasteiger partial charge on any atom is -0.490 e. The number of imide groups is 1. The van der Waals surface area contributed by atoms with Gasteiger partial charge in [-0.15, -0.1) is 0 Å². The molecule has 2 aromatic rings. The summed E-state index contributed by atoms with van der Waals surface area (Å²) in [6.07, 6.45) is 1.58. The van der Waals surface area contributed by atoms with E-state index in [4.69, 9.17) is 25.8 Å². The van der Waals surface area contributed by atoms with E-state index in [1.807, 2.05) is 32.9 Å². The van der Waals surface area contributed by atoms with Gasteiger partial charge in [0.15, 0.2) is 11.5 Å². The van der Waals surface area contributed by atoms with E-state index in [0.717, 1.165) is 22.2 Å². The highest BCUT2D eigenvalue weighted by atomic mass is 79.9. The topological polar surface area (TPSA) is 82.1 Å². The Hall–Kier alpha value is -2.49. The molecule has 0 radical (unpaired) electrons. The average molecular weight is 583 g/mol. The summed E-state index contributed by atoms with van der Waals surface area (Å²) in [7, 11) is 0. The third-order valence-electron chi connectivity index (χ3n) is 4.66. The molecule has 1 fully saturated rings. The van der Waals surface area contributed by atoms with Crippen LogP contribution in [0.25, 0.3) is 6.08 Å². The summed E-state index contributed by atoms with van der Waals surface area (Å²) in [5, 5.41) is 0.126. The Morgan fingerprint density at radius 2 is 1.89 bits per heavy atom. The van der Waals surface area contributed by atoms with Gasteiger partial charge in [0.05, 0.1) is 22.6 Å². The van der Waals surface area contributed by atoms with Crippen molar-refractivity contribution in [3.63, 3.8) is 0 Å². The summed E-state index contributed by atoms with van der Waals surface area (Å²) in [4.78, 5) is 38.2. The normalized spacial score (nSPS) is 14.7. The fraction of sp³-hybridized carbons (Fsp3) is 0.320. The molecule has 186 valence electrons. The Kier molecular flexibility index (Phi) is 9.65. The molecule has 1 aliphatic heterocycles. The van der Waals surface area contributed by atoms with Crippen molar-refractivity contribution in [2.45, 2.75) is 27.4 Å². The van der Waals surface area contributed by atoms with Gasteiger partial charge in [0.25, 0.3) is 11.1 Å². The molecule has 1 saturated heterocycles. The van der Waals surface area contributed by atoms with Crippen LogP contribution in [0.1, 0.15) is 31.9 Å². The number of thioether (sulfide) groups is 1. The third-order valence-corrected chi connectivity index (χ3v) is 6.41. The van der Waals surface area contributed by atoms with E-state index in [-0.39, 0.29) is 17.4 Å². The van der Waals surface area contributed by atoms with Crippen LogP contribution in [0, 0.1) is 5.92 Å². The second-order valence-corrected chi connectivity index (χ2v) is 10.3. The van der Waals surface area contributed by atoms with Crippen LogP contribution in [-0.4, -0.2) is 41.8 Å². The lowest BCUT2D eigenvalue weighted by Gasteiger charge is -2.15. The zero-order chi connectivity index (χ0) is 25.5. The Balaban J connectivity index is 1.77. The number of rotatable bonds is 10. The van der Waals surface area contributed by atoms with E-state index in [1.54, 1.807) is 30.3 Å². The zero-order valence-corrected chi connectivity index (χ0v) is 22.7. The molecule has 2 amide bonds. The summed E-state index contributed by atoms with van der Waals surface area (Å²) in [5.41, 5.74) is 1.57. The van der Waals surface area contributed by atoms with E-state index in [2.05, 4.69) is 15.9 Å². The highest BCUT2D eigenvalue weighted by molar-refractivity contribution is 9.10. The number of hydrogen-bond donors (Lipinski definition) is 0. The molecule has 0 atom stereocenters. The molecular formula is C25H25BrClNO6S. The maximum atomic E-state index is 12.8. The van der Waals surface area contributed by atoms with Gasteiger partial charge in [0, 0.05) is 5.02 Å². The molecule has 0 spiro atoms. The van der Waals surface area contributed by atoms with E-state index in [1.165, 1.54) is 0 Å². The van der Waals surface area contributed by atoms with Crippen molar-refractivity contribution in [3.8, 4) is 11.5 Å². The number of amides is 2. The number of carbonyl (C=O) groups is 3. The molecular weight excluding hydrogens is 558 g/mol. The number of esters is 1. The van der Waals surface area contributed by atoms with Crippen LogP contribution in [0.5, 0.6) is 11.5 Å². The average Bonchev–Trinajstić information content (AvgIpc) is 3.05. The van der Waals surface area contributed by atoms with Crippen LogP contribution < -0.4 is 9.47 Å². The number of halogens is 2. The quantitative estimate of drug-likeness (QED) is 0.240. The van der Waals surface area contributed by atoms with E-state index < -0.39 is 23.7 Å². The fourth-order valence-corrected chi connectivity index (χ4v) is 4.57. The lowest BCUT2D eigenvalue weighted by atomic mass is 10.1. The summed E-state index contributed by atoms with van der Waals surface area (Å²) < 4.78 is 17.5. The largest absolute Gasteiger partial charge is 0.490 e. The molecule has 7 nitrogen and oxygen atoms in total. The molecule has 1 heterocycles. The monoisotopic (exact) mass is 581 g/mol. The minimum atomic E-state index is -0.620. The van der Waals surface area contributed by atoms with Crippen LogP contribution in [0.2, 0.25) is 5.02 Å². The third kappa shape index (κ3) is 7.49. The highest BCUT2D eigenvalue weighted by Crippen LogP contribution is 2.39. The first kappa shape index (κ1) is 27.1. The van der Waals surface area contributed by atoms with E-state index in [0.29, 0.717) is 39.8 Å². The molecule has 10 heteroatoms. The molecule has 0 unspecified atom stereocenters. The lowest BCUT2D eigenvalue weighted by Crippen LogP contribution is -2.34. The Morgan fingerprint density at radius 1 is 1.17 bits per heavy atom. The van der Waals surface area contributed by atoms with Gasteiger partial charge in [-0.1, -0.05) is 37.6 Å². The Bertz CT molecular complexity index is 1140. The van der Waals surface area contributed by atoms with Crippen LogP contribution in [0.3, 0.4) is 0 Å². The van der Waals surface area contributed by atoms with Crippen molar-refractivity contribution >= 4 is 62.5 Å². The predicted molar refractivity (Wildman–Crippen MR) is 140 cm³/mol. The molecule has 35 heavy (non-hydrogen) atoms. The summed E-state index contributed by atoms with van der Waals surface area (Å²) in [5.74, 6) is -0.00659. The summed E-state index contributed by atoms with van der Waals surface area (Å²) in [6.45, 7) is 6.18.